The number of benzene rings is 1. The SMILES string of the molecule is CC(=O)C1=C(O)CC(C)(O)C(C(C)=O)C1c1cccc(F)c1. The van der Waals surface area contributed by atoms with Crippen LogP contribution in [0.1, 0.15) is 38.7 Å². The molecule has 0 amide bonds. The van der Waals surface area contributed by atoms with E-state index in [-0.39, 0.29) is 23.5 Å². The van der Waals surface area contributed by atoms with E-state index in [1.54, 1.807) is 6.07 Å². The number of carbonyl (C=O) groups excluding carboxylic acids is 2. The summed E-state index contributed by atoms with van der Waals surface area (Å²) >= 11 is 0. The van der Waals surface area contributed by atoms with Crippen LogP contribution in [0, 0.1) is 11.7 Å². The molecule has 2 N–H and O–H groups in total. The van der Waals surface area contributed by atoms with Gasteiger partial charge in [-0.2, -0.15) is 0 Å². The number of hydrogen-bond acceptors (Lipinski definition) is 4. The zero-order chi connectivity index (χ0) is 16.7. The fraction of sp³-hybridized carbons (Fsp3) is 0.412. The molecule has 3 atom stereocenters. The predicted molar refractivity (Wildman–Crippen MR) is 78.9 cm³/mol. The van der Waals surface area contributed by atoms with Crippen molar-refractivity contribution < 1.29 is 24.2 Å². The third-order valence-electron chi connectivity index (χ3n) is 4.18. The minimum Gasteiger partial charge on any atom is -0.512 e. The third kappa shape index (κ3) is 2.81. The summed E-state index contributed by atoms with van der Waals surface area (Å²) in [4.78, 5) is 24.0. The van der Waals surface area contributed by atoms with Gasteiger partial charge in [0.25, 0.3) is 0 Å². The van der Waals surface area contributed by atoms with Crippen LogP contribution in [0.5, 0.6) is 0 Å². The van der Waals surface area contributed by atoms with Gasteiger partial charge >= 0.3 is 0 Å². The number of halogens is 1. The van der Waals surface area contributed by atoms with E-state index in [2.05, 4.69) is 0 Å². The highest BCUT2D eigenvalue weighted by Gasteiger charge is 2.49. The van der Waals surface area contributed by atoms with Gasteiger partial charge in [-0.1, -0.05) is 12.1 Å². The third-order valence-corrected chi connectivity index (χ3v) is 4.18. The van der Waals surface area contributed by atoms with Crippen LogP contribution in [0.4, 0.5) is 4.39 Å². The van der Waals surface area contributed by atoms with Gasteiger partial charge in [-0.25, -0.2) is 4.39 Å². The molecule has 1 aromatic rings. The molecule has 0 bridgehead atoms. The maximum atomic E-state index is 13.6. The molecular weight excluding hydrogens is 287 g/mol. The molecule has 4 nitrogen and oxygen atoms in total. The summed E-state index contributed by atoms with van der Waals surface area (Å²) in [6.45, 7) is 4.05. The van der Waals surface area contributed by atoms with Gasteiger partial charge in [0.2, 0.25) is 0 Å². The second-order valence-electron chi connectivity index (χ2n) is 6.07. The van der Waals surface area contributed by atoms with Gasteiger partial charge in [-0.15, -0.1) is 0 Å². The first-order chi connectivity index (χ1) is 10.1. The summed E-state index contributed by atoms with van der Waals surface area (Å²) in [6.07, 6.45) is -0.183. The molecule has 0 radical (unpaired) electrons. The number of ketones is 2. The number of aliphatic hydroxyl groups is 2. The van der Waals surface area contributed by atoms with Crippen molar-refractivity contribution >= 4 is 11.6 Å². The molecule has 0 spiro atoms. The minimum absolute atomic E-state index is 0.0670. The molecule has 0 aromatic heterocycles. The molecule has 22 heavy (non-hydrogen) atoms. The molecule has 118 valence electrons. The van der Waals surface area contributed by atoms with Gasteiger partial charge in [0, 0.05) is 17.9 Å². The van der Waals surface area contributed by atoms with Crippen molar-refractivity contribution in [2.75, 3.05) is 0 Å². The van der Waals surface area contributed by atoms with Gasteiger partial charge in [0.1, 0.15) is 17.4 Å². The van der Waals surface area contributed by atoms with Gasteiger partial charge in [-0.3, -0.25) is 9.59 Å². The van der Waals surface area contributed by atoms with Gasteiger partial charge in [0.15, 0.2) is 5.78 Å². The maximum absolute atomic E-state index is 13.6. The van der Waals surface area contributed by atoms with Crippen molar-refractivity contribution in [2.24, 2.45) is 5.92 Å². The largest absolute Gasteiger partial charge is 0.512 e. The Morgan fingerprint density at radius 1 is 1.32 bits per heavy atom. The fourth-order valence-electron chi connectivity index (χ4n) is 3.40. The smallest absolute Gasteiger partial charge is 0.159 e. The van der Waals surface area contributed by atoms with Crippen LogP contribution in [0.3, 0.4) is 0 Å². The van der Waals surface area contributed by atoms with Crippen LogP contribution in [-0.2, 0) is 9.59 Å². The molecule has 2 rings (SSSR count). The highest BCUT2D eigenvalue weighted by molar-refractivity contribution is 5.97. The number of carbonyl (C=O) groups is 2. The predicted octanol–water partition coefficient (Wildman–Crippen LogP) is 2.67. The molecule has 0 saturated heterocycles. The summed E-state index contributed by atoms with van der Waals surface area (Å²) in [5.74, 6) is -3.26. The summed E-state index contributed by atoms with van der Waals surface area (Å²) in [5, 5.41) is 20.7. The van der Waals surface area contributed by atoms with Crippen LogP contribution in [0.2, 0.25) is 0 Å². The van der Waals surface area contributed by atoms with Crippen LogP contribution in [0.25, 0.3) is 0 Å². The molecule has 1 aliphatic carbocycles. The number of rotatable bonds is 3. The second kappa shape index (κ2) is 5.65. The van der Waals surface area contributed by atoms with Crippen LogP contribution in [-0.4, -0.2) is 27.4 Å². The lowest BCUT2D eigenvalue weighted by molar-refractivity contribution is -0.132. The van der Waals surface area contributed by atoms with Crippen LogP contribution >= 0.6 is 0 Å². The van der Waals surface area contributed by atoms with E-state index in [9.17, 15) is 24.2 Å². The molecule has 0 aliphatic heterocycles. The first-order valence-corrected chi connectivity index (χ1v) is 7.06. The lowest BCUT2D eigenvalue weighted by Gasteiger charge is -2.41. The number of Topliss-reactive ketones (excluding diaryl/α,β-unsaturated/α-hetero) is 2. The number of allylic oxidation sites excluding steroid dienone is 1. The first-order valence-electron chi connectivity index (χ1n) is 7.06. The Morgan fingerprint density at radius 3 is 2.45 bits per heavy atom. The van der Waals surface area contributed by atoms with Crippen molar-refractivity contribution in [1.82, 2.24) is 0 Å². The topological polar surface area (TPSA) is 74.6 Å². The van der Waals surface area contributed by atoms with Crippen LogP contribution < -0.4 is 0 Å². The normalized spacial score (nSPS) is 28.6. The van der Waals surface area contributed by atoms with Crippen LogP contribution in [0.15, 0.2) is 35.6 Å². The average molecular weight is 306 g/mol. The highest BCUT2D eigenvalue weighted by atomic mass is 19.1. The highest BCUT2D eigenvalue weighted by Crippen LogP contribution is 2.47. The van der Waals surface area contributed by atoms with Crippen molar-refractivity contribution in [3.8, 4) is 0 Å². The molecule has 1 aliphatic rings. The lowest BCUT2D eigenvalue weighted by atomic mass is 9.64. The second-order valence-corrected chi connectivity index (χ2v) is 6.07. The number of hydrogen-bond donors (Lipinski definition) is 2. The quantitative estimate of drug-likeness (QED) is 0.900. The maximum Gasteiger partial charge on any atom is 0.159 e. The summed E-state index contributed by atoms with van der Waals surface area (Å²) in [7, 11) is 0. The van der Waals surface area contributed by atoms with E-state index >= 15 is 0 Å². The Hall–Kier alpha value is -2.01. The Kier molecular flexibility index (Phi) is 4.20. The molecule has 3 unspecified atom stereocenters. The van der Waals surface area contributed by atoms with Gasteiger partial charge in [0.05, 0.1) is 11.5 Å². The Bertz CT molecular complexity index is 660. The van der Waals surface area contributed by atoms with Crippen molar-refractivity contribution in [2.45, 2.75) is 38.7 Å². The van der Waals surface area contributed by atoms with Gasteiger partial charge in [-0.05, 0) is 38.5 Å². The Morgan fingerprint density at radius 2 is 1.95 bits per heavy atom. The summed E-state index contributed by atoms with van der Waals surface area (Å²) in [6, 6.07) is 5.53. The Labute approximate surface area is 128 Å². The van der Waals surface area contributed by atoms with E-state index in [0.717, 1.165) is 0 Å². The standard InChI is InChI=1S/C17H19FO4/c1-9(19)14-13(21)8-17(3,22)16(10(2)20)15(14)11-5-4-6-12(18)7-11/h4-7,15-16,21-22H,8H2,1-3H3. The molecule has 0 heterocycles. The monoisotopic (exact) mass is 306 g/mol. The Balaban J connectivity index is 2.72. The van der Waals surface area contributed by atoms with Crippen molar-refractivity contribution in [1.29, 1.82) is 0 Å². The zero-order valence-electron chi connectivity index (χ0n) is 12.8. The van der Waals surface area contributed by atoms with E-state index in [0.29, 0.717) is 5.56 Å². The van der Waals surface area contributed by atoms with Crippen molar-refractivity contribution in [3.05, 3.63) is 47.0 Å². The number of aliphatic hydroxyl groups excluding tert-OH is 1. The molecule has 0 saturated carbocycles. The zero-order valence-corrected chi connectivity index (χ0v) is 12.8. The minimum atomic E-state index is -1.51. The first kappa shape index (κ1) is 16.4. The van der Waals surface area contributed by atoms with E-state index < -0.39 is 29.0 Å². The van der Waals surface area contributed by atoms with Crippen molar-refractivity contribution in [3.63, 3.8) is 0 Å². The van der Waals surface area contributed by atoms with E-state index in [1.807, 2.05) is 0 Å². The summed E-state index contributed by atoms with van der Waals surface area (Å²) in [5.41, 5.74) is -1.06. The molecular formula is C17H19FO4. The van der Waals surface area contributed by atoms with E-state index in [1.165, 1.54) is 39.0 Å². The fourth-order valence-corrected chi connectivity index (χ4v) is 3.40. The lowest BCUT2D eigenvalue weighted by Crippen LogP contribution is -2.47. The van der Waals surface area contributed by atoms with E-state index in [4.69, 9.17) is 0 Å². The molecule has 0 fully saturated rings. The van der Waals surface area contributed by atoms with Gasteiger partial charge < -0.3 is 10.2 Å². The average Bonchev–Trinajstić information content (AvgIpc) is 2.35. The summed E-state index contributed by atoms with van der Waals surface area (Å²) < 4.78 is 13.6. The molecule has 1 aromatic carbocycles. The molecule has 5 heteroatoms.